The zero-order valence-electron chi connectivity index (χ0n) is 12.5. The predicted molar refractivity (Wildman–Crippen MR) is 77.6 cm³/mol. The van der Waals surface area contributed by atoms with Crippen LogP contribution in [-0.4, -0.2) is 29.3 Å². The van der Waals surface area contributed by atoms with Gasteiger partial charge in [-0.05, 0) is 39.8 Å². The molecular formula is C14H23N3O3. The van der Waals surface area contributed by atoms with E-state index < -0.39 is 11.7 Å². The molecule has 6 nitrogen and oxygen atoms in total. The maximum absolute atomic E-state index is 11.4. The first-order valence-electron chi connectivity index (χ1n) is 6.62. The van der Waals surface area contributed by atoms with Crippen LogP contribution in [0.2, 0.25) is 0 Å². The number of amides is 1. The fourth-order valence-electron chi connectivity index (χ4n) is 1.44. The number of nitrogens with one attached hydrogen (secondary N) is 1. The molecule has 6 heteroatoms. The topological polar surface area (TPSA) is 86.5 Å². The molecule has 1 unspecified atom stereocenters. The molecule has 0 spiro atoms. The van der Waals surface area contributed by atoms with Gasteiger partial charge in [-0.15, -0.1) is 0 Å². The third kappa shape index (κ3) is 6.26. The summed E-state index contributed by atoms with van der Waals surface area (Å²) in [5.74, 6) is 0.414. The van der Waals surface area contributed by atoms with Crippen molar-refractivity contribution < 1.29 is 14.3 Å². The van der Waals surface area contributed by atoms with Crippen molar-refractivity contribution in [2.45, 2.75) is 45.8 Å². The number of nitrogen functional groups attached to an aromatic ring is 1. The number of nitrogens with two attached hydrogens (primary N) is 1. The minimum Gasteiger partial charge on any atom is -0.473 e. The third-order valence-corrected chi connectivity index (χ3v) is 2.33. The van der Waals surface area contributed by atoms with Gasteiger partial charge < -0.3 is 20.5 Å². The van der Waals surface area contributed by atoms with E-state index in [2.05, 4.69) is 10.3 Å². The largest absolute Gasteiger partial charge is 0.473 e. The standard InChI is InChI=1S/C14H23N3O3/c1-10(19-12-11(15)6-5-8-16-12)7-9-17-13(18)20-14(2,3)4/h5-6,8,10H,7,9,15H2,1-4H3,(H,17,18). The number of alkyl carbamates (subject to hydrolysis) is 1. The first kappa shape index (κ1) is 16.1. The summed E-state index contributed by atoms with van der Waals surface area (Å²) >= 11 is 0. The summed E-state index contributed by atoms with van der Waals surface area (Å²) in [4.78, 5) is 15.5. The van der Waals surface area contributed by atoms with Gasteiger partial charge in [0.25, 0.3) is 0 Å². The predicted octanol–water partition coefficient (Wildman–Crippen LogP) is 2.35. The van der Waals surface area contributed by atoms with Gasteiger partial charge in [-0.25, -0.2) is 9.78 Å². The smallest absolute Gasteiger partial charge is 0.407 e. The van der Waals surface area contributed by atoms with E-state index in [1.807, 2.05) is 27.7 Å². The molecule has 0 saturated heterocycles. The molecule has 0 aliphatic carbocycles. The zero-order chi connectivity index (χ0) is 15.2. The molecule has 1 atom stereocenters. The van der Waals surface area contributed by atoms with Crippen LogP contribution in [0.3, 0.4) is 0 Å². The number of hydrogen-bond donors (Lipinski definition) is 2. The number of pyridine rings is 1. The highest BCUT2D eigenvalue weighted by Gasteiger charge is 2.16. The van der Waals surface area contributed by atoms with E-state index in [1.54, 1.807) is 18.3 Å². The molecule has 0 fully saturated rings. The van der Waals surface area contributed by atoms with Gasteiger partial charge in [0.1, 0.15) is 5.60 Å². The highest BCUT2D eigenvalue weighted by molar-refractivity contribution is 5.67. The van der Waals surface area contributed by atoms with Crippen LogP contribution in [-0.2, 0) is 4.74 Å². The lowest BCUT2D eigenvalue weighted by Crippen LogP contribution is -2.34. The lowest BCUT2D eigenvalue weighted by atomic mass is 10.2. The Morgan fingerprint density at radius 1 is 1.50 bits per heavy atom. The third-order valence-electron chi connectivity index (χ3n) is 2.33. The Bertz CT molecular complexity index is 444. The van der Waals surface area contributed by atoms with Crippen molar-refractivity contribution >= 4 is 11.8 Å². The summed E-state index contributed by atoms with van der Waals surface area (Å²) < 4.78 is 10.7. The molecule has 1 aromatic heterocycles. The Morgan fingerprint density at radius 2 is 2.20 bits per heavy atom. The molecule has 1 amide bonds. The lowest BCUT2D eigenvalue weighted by Gasteiger charge is -2.20. The van der Waals surface area contributed by atoms with Crippen LogP contribution in [0.1, 0.15) is 34.1 Å². The molecule has 0 saturated carbocycles. The number of nitrogens with zero attached hydrogens (tertiary/aromatic N) is 1. The van der Waals surface area contributed by atoms with Crippen molar-refractivity contribution in [2.75, 3.05) is 12.3 Å². The Kier molecular flexibility index (Phi) is 5.61. The maximum atomic E-state index is 11.4. The van der Waals surface area contributed by atoms with Gasteiger partial charge >= 0.3 is 6.09 Å². The van der Waals surface area contributed by atoms with E-state index in [0.29, 0.717) is 24.5 Å². The highest BCUT2D eigenvalue weighted by Crippen LogP contribution is 2.18. The Labute approximate surface area is 119 Å². The summed E-state index contributed by atoms with van der Waals surface area (Å²) in [5.41, 5.74) is 5.75. The molecule has 3 N–H and O–H groups in total. The molecular weight excluding hydrogens is 258 g/mol. The number of rotatable bonds is 5. The second-order valence-corrected chi connectivity index (χ2v) is 5.54. The molecule has 1 rings (SSSR count). The van der Waals surface area contributed by atoms with Crippen LogP contribution < -0.4 is 15.8 Å². The van der Waals surface area contributed by atoms with Crippen LogP contribution in [0.15, 0.2) is 18.3 Å². The summed E-state index contributed by atoms with van der Waals surface area (Å²) in [6.45, 7) is 7.82. The molecule has 112 valence electrons. The number of carbonyl (C=O) groups is 1. The quantitative estimate of drug-likeness (QED) is 0.865. The normalized spacial score (nSPS) is 12.6. The van der Waals surface area contributed by atoms with Gasteiger partial charge in [0.2, 0.25) is 5.88 Å². The molecule has 1 heterocycles. The van der Waals surface area contributed by atoms with Crippen molar-refractivity contribution in [1.82, 2.24) is 10.3 Å². The number of ether oxygens (including phenoxy) is 2. The van der Waals surface area contributed by atoms with E-state index in [4.69, 9.17) is 15.2 Å². The monoisotopic (exact) mass is 281 g/mol. The number of hydrogen-bond acceptors (Lipinski definition) is 5. The Hall–Kier alpha value is -1.98. The average Bonchev–Trinajstić information content (AvgIpc) is 2.29. The zero-order valence-corrected chi connectivity index (χ0v) is 12.5. The van der Waals surface area contributed by atoms with Crippen LogP contribution in [0, 0.1) is 0 Å². The fraction of sp³-hybridized carbons (Fsp3) is 0.571. The van der Waals surface area contributed by atoms with Crippen LogP contribution in [0.25, 0.3) is 0 Å². The SMILES string of the molecule is CC(CCNC(=O)OC(C)(C)C)Oc1ncccc1N. The molecule has 0 aliphatic rings. The van der Waals surface area contributed by atoms with Crippen LogP contribution in [0.4, 0.5) is 10.5 Å². The number of carbonyl (C=O) groups excluding carboxylic acids is 1. The molecule has 0 aliphatic heterocycles. The van der Waals surface area contributed by atoms with Crippen LogP contribution in [0.5, 0.6) is 5.88 Å². The molecule has 0 aromatic carbocycles. The van der Waals surface area contributed by atoms with Gasteiger partial charge in [-0.3, -0.25) is 0 Å². The first-order chi connectivity index (χ1) is 9.28. The van der Waals surface area contributed by atoms with E-state index in [-0.39, 0.29) is 6.10 Å². The van der Waals surface area contributed by atoms with E-state index in [9.17, 15) is 4.79 Å². The summed E-state index contributed by atoms with van der Waals surface area (Å²) in [6, 6.07) is 3.48. The maximum Gasteiger partial charge on any atom is 0.407 e. The van der Waals surface area contributed by atoms with Crippen molar-refractivity contribution in [3.05, 3.63) is 18.3 Å². The van der Waals surface area contributed by atoms with Gasteiger partial charge in [-0.1, -0.05) is 0 Å². The van der Waals surface area contributed by atoms with E-state index in [0.717, 1.165) is 0 Å². The van der Waals surface area contributed by atoms with Gasteiger partial charge in [-0.2, -0.15) is 0 Å². The lowest BCUT2D eigenvalue weighted by molar-refractivity contribution is 0.0521. The Morgan fingerprint density at radius 3 is 2.80 bits per heavy atom. The minimum absolute atomic E-state index is 0.109. The second kappa shape index (κ2) is 6.98. The van der Waals surface area contributed by atoms with Crippen molar-refractivity contribution in [3.8, 4) is 5.88 Å². The number of aromatic nitrogens is 1. The Balaban J connectivity index is 2.29. The molecule has 20 heavy (non-hydrogen) atoms. The van der Waals surface area contributed by atoms with Gasteiger partial charge in [0.05, 0.1) is 11.8 Å². The van der Waals surface area contributed by atoms with E-state index in [1.165, 1.54) is 0 Å². The van der Waals surface area contributed by atoms with Gasteiger partial charge in [0, 0.05) is 19.2 Å². The van der Waals surface area contributed by atoms with Crippen LogP contribution >= 0.6 is 0 Å². The average molecular weight is 281 g/mol. The number of anilines is 1. The fourth-order valence-corrected chi connectivity index (χ4v) is 1.44. The molecule has 0 bridgehead atoms. The minimum atomic E-state index is -0.491. The summed E-state index contributed by atoms with van der Waals surface area (Å²) in [5, 5.41) is 2.68. The highest BCUT2D eigenvalue weighted by atomic mass is 16.6. The van der Waals surface area contributed by atoms with Gasteiger partial charge in [0.15, 0.2) is 0 Å². The van der Waals surface area contributed by atoms with Crippen molar-refractivity contribution in [3.63, 3.8) is 0 Å². The molecule has 0 radical (unpaired) electrons. The van der Waals surface area contributed by atoms with Crippen molar-refractivity contribution in [1.29, 1.82) is 0 Å². The van der Waals surface area contributed by atoms with E-state index >= 15 is 0 Å². The second-order valence-electron chi connectivity index (χ2n) is 5.54. The summed E-state index contributed by atoms with van der Waals surface area (Å²) in [6.07, 6.45) is 1.72. The first-order valence-corrected chi connectivity index (χ1v) is 6.62. The molecule has 1 aromatic rings. The summed E-state index contributed by atoms with van der Waals surface area (Å²) in [7, 11) is 0. The van der Waals surface area contributed by atoms with Crippen molar-refractivity contribution in [2.24, 2.45) is 0 Å².